The summed E-state index contributed by atoms with van der Waals surface area (Å²) in [6, 6.07) is 1.96. The lowest BCUT2D eigenvalue weighted by Crippen LogP contribution is -2.48. The number of ether oxygens (including phenoxy) is 1. The minimum absolute atomic E-state index is 0. The van der Waals surface area contributed by atoms with Gasteiger partial charge in [0.05, 0.1) is 6.61 Å². The van der Waals surface area contributed by atoms with Gasteiger partial charge in [0.15, 0.2) is 0 Å². The highest BCUT2D eigenvalue weighted by Gasteiger charge is 2.38. The van der Waals surface area contributed by atoms with Crippen LogP contribution in [0.2, 0.25) is 0 Å². The van der Waals surface area contributed by atoms with Gasteiger partial charge in [-0.05, 0) is 25.7 Å². The molecule has 2 rings (SSSR count). The van der Waals surface area contributed by atoms with E-state index < -0.39 is 0 Å². The number of hydrogen-bond donors (Lipinski definition) is 1. The van der Waals surface area contributed by atoms with Crippen LogP contribution in [0.15, 0.2) is 0 Å². The number of rotatable bonds is 3. The largest absolute Gasteiger partial charge is 0.383 e. The number of nitrogens with two attached hydrogens (primary N) is 1. The summed E-state index contributed by atoms with van der Waals surface area (Å²) in [7, 11) is 1.78. The molecular formula is C10H22Cl2N2O. The molecular weight excluding hydrogens is 235 g/mol. The molecule has 5 heteroatoms. The third kappa shape index (κ3) is 3.46. The van der Waals surface area contributed by atoms with Crippen molar-refractivity contribution >= 4 is 24.8 Å². The van der Waals surface area contributed by atoms with E-state index in [2.05, 4.69) is 4.90 Å². The van der Waals surface area contributed by atoms with E-state index in [4.69, 9.17) is 10.5 Å². The first-order valence-corrected chi connectivity index (χ1v) is 5.31. The second kappa shape index (κ2) is 6.92. The number of piperidine rings is 1. The second-order valence-electron chi connectivity index (χ2n) is 4.35. The van der Waals surface area contributed by atoms with E-state index in [1.54, 1.807) is 7.11 Å². The van der Waals surface area contributed by atoms with Crippen LogP contribution in [0.25, 0.3) is 0 Å². The Bertz CT molecular complexity index is 169. The van der Waals surface area contributed by atoms with E-state index in [1.807, 2.05) is 0 Å². The average molecular weight is 257 g/mol. The summed E-state index contributed by atoms with van der Waals surface area (Å²) in [4.78, 5) is 2.60. The van der Waals surface area contributed by atoms with Gasteiger partial charge in [0.1, 0.15) is 0 Å². The molecule has 0 unspecified atom stereocenters. The first-order valence-electron chi connectivity index (χ1n) is 5.31. The van der Waals surface area contributed by atoms with Crippen LogP contribution >= 0.6 is 24.8 Å². The van der Waals surface area contributed by atoms with Gasteiger partial charge in [-0.2, -0.15) is 0 Å². The maximum atomic E-state index is 5.99. The summed E-state index contributed by atoms with van der Waals surface area (Å²) in [5, 5.41) is 0. The molecule has 0 aromatic heterocycles. The van der Waals surface area contributed by atoms with Gasteiger partial charge in [0.25, 0.3) is 0 Å². The molecule has 92 valence electrons. The van der Waals surface area contributed by atoms with Crippen molar-refractivity contribution in [2.24, 2.45) is 5.73 Å². The van der Waals surface area contributed by atoms with Gasteiger partial charge in [0.2, 0.25) is 0 Å². The Hall–Kier alpha value is 0.460. The highest BCUT2D eigenvalue weighted by Crippen LogP contribution is 2.34. The maximum Gasteiger partial charge on any atom is 0.0589 e. The molecule has 2 fully saturated rings. The number of hydrogen-bond acceptors (Lipinski definition) is 3. The van der Waals surface area contributed by atoms with Crippen LogP contribution in [0.3, 0.4) is 0 Å². The Morgan fingerprint density at radius 3 is 2.20 bits per heavy atom. The van der Waals surface area contributed by atoms with E-state index in [9.17, 15) is 0 Å². The van der Waals surface area contributed by atoms with Crippen LogP contribution in [-0.2, 0) is 4.74 Å². The van der Waals surface area contributed by atoms with Crippen molar-refractivity contribution in [1.29, 1.82) is 0 Å². The monoisotopic (exact) mass is 256 g/mol. The molecule has 0 saturated carbocycles. The summed E-state index contributed by atoms with van der Waals surface area (Å²) >= 11 is 0. The molecule has 3 atom stereocenters. The molecule has 2 N–H and O–H groups in total. The van der Waals surface area contributed by atoms with E-state index in [0.29, 0.717) is 6.04 Å². The number of nitrogens with zero attached hydrogens (tertiary/aromatic N) is 1. The van der Waals surface area contributed by atoms with Crippen LogP contribution in [-0.4, -0.2) is 43.3 Å². The molecule has 0 aromatic carbocycles. The summed E-state index contributed by atoms with van der Waals surface area (Å²) < 4.78 is 5.12. The average Bonchev–Trinajstić information content (AvgIpc) is 2.33. The number of halogens is 2. The summed E-state index contributed by atoms with van der Waals surface area (Å²) in [6.07, 6.45) is 5.09. The highest BCUT2D eigenvalue weighted by atomic mass is 35.5. The van der Waals surface area contributed by atoms with Crippen molar-refractivity contribution in [3.63, 3.8) is 0 Å². The number of fused-ring (bicyclic) bond motifs is 2. The van der Waals surface area contributed by atoms with Gasteiger partial charge in [-0.3, -0.25) is 4.90 Å². The van der Waals surface area contributed by atoms with Gasteiger partial charge in [-0.25, -0.2) is 0 Å². The zero-order valence-electron chi connectivity index (χ0n) is 9.22. The van der Waals surface area contributed by atoms with Crippen LogP contribution < -0.4 is 5.73 Å². The van der Waals surface area contributed by atoms with Crippen LogP contribution in [0, 0.1) is 0 Å². The fourth-order valence-corrected chi connectivity index (χ4v) is 2.88. The standard InChI is InChI=1S/C10H20N2O.2ClH/c1-13-5-4-12-9-2-3-10(12)7-8(11)6-9;;/h8-10H,2-7,11H2,1H3;2*1H/t8-,9+,10-;;. The SMILES string of the molecule is COCCN1[C@@H]2CC[C@H]1C[C@@H](N)C2.Cl.Cl. The Labute approximate surface area is 105 Å². The van der Waals surface area contributed by atoms with Crippen molar-refractivity contribution in [3.8, 4) is 0 Å². The molecule has 3 nitrogen and oxygen atoms in total. The summed E-state index contributed by atoms with van der Waals surface area (Å²) in [5.41, 5.74) is 5.99. The number of methoxy groups -OCH3 is 1. The molecule has 0 spiro atoms. The van der Waals surface area contributed by atoms with Crippen LogP contribution in [0.4, 0.5) is 0 Å². The molecule has 0 aromatic rings. The zero-order chi connectivity index (χ0) is 9.26. The lowest BCUT2D eigenvalue weighted by molar-refractivity contribution is 0.0839. The van der Waals surface area contributed by atoms with E-state index in [0.717, 1.165) is 25.2 Å². The fourth-order valence-electron chi connectivity index (χ4n) is 2.88. The van der Waals surface area contributed by atoms with Crippen molar-refractivity contribution in [3.05, 3.63) is 0 Å². The van der Waals surface area contributed by atoms with Crippen molar-refractivity contribution in [2.75, 3.05) is 20.3 Å². The topological polar surface area (TPSA) is 38.5 Å². The predicted octanol–water partition coefficient (Wildman–Crippen LogP) is 1.43. The second-order valence-corrected chi connectivity index (χ2v) is 4.35. The molecule has 2 saturated heterocycles. The van der Waals surface area contributed by atoms with E-state index >= 15 is 0 Å². The molecule has 2 bridgehead atoms. The van der Waals surface area contributed by atoms with Crippen molar-refractivity contribution < 1.29 is 4.74 Å². The molecule has 0 aliphatic carbocycles. The maximum absolute atomic E-state index is 5.99. The smallest absolute Gasteiger partial charge is 0.0589 e. The third-order valence-corrected chi connectivity index (χ3v) is 3.47. The molecule has 15 heavy (non-hydrogen) atoms. The predicted molar refractivity (Wildman–Crippen MR) is 67.1 cm³/mol. The normalized spacial score (nSPS) is 34.4. The van der Waals surface area contributed by atoms with E-state index in [1.165, 1.54) is 25.7 Å². The minimum atomic E-state index is 0. The molecule has 2 aliphatic rings. The summed E-state index contributed by atoms with van der Waals surface area (Å²) in [5.74, 6) is 0. The van der Waals surface area contributed by atoms with Crippen molar-refractivity contribution in [2.45, 2.75) is 43.8 Å². The van der Waals surface area contributed by atoms with Crippen LogP contribution in [0.1, 0.15) is 25.7 Å². The lowest BCUT2D eigenvalue weighted by atomic mass is 9.98. The Morgan fingerprint density at radius 1 is 1.20 bits per heavy atom. The van der Waals surface area contributed by atoms with Gasteiger partial charge < -0.3 is 10.5 Å². The van der Waals surface area contributed by atoms with Gasteiger partial charge >= 0.3 is 0 Å². The van der Waals surface area contributed by atoms with E-state index in [-0.39, 0.29) is 24.8 Å². The lowest BCUT2D eigenvalue weighted by Gasteiger charge is -2.37. The first-order chi connectivity index (χ1) is 6.31. The molecule has 0 radical (unpaired) electrons. The molecule has 0 amide bonds. The van der Waals surface area contributed by atoms with Gasteiger partial charge in [0, 0.05) is 31.8 Å². The molecule has 2 aliphatic heterocycles. The van der Waals surface area contributed by atoms with Crippen LogP contribution in [0.5, 0.6) is 0 Å². The Kier molecular flexibility index (Phi) is 7.13. The zero-order valence-corrected chi connectivity index (χ0v) is 10.9. The highest BCUT2D eigenvalue weighted by molar-refractivity contribution is 5.85. The Balaban J connectivity index is 0.000000980. The first kappa shape index (κ1) is 15.5. The molecule has 2 heterocycles. The van der Waals surface area contributed by atoms with Gasteiger partial charge in [-0.15, -0.1) is 24.8 Å². The summed E-state index contributed by atoms with van der Waals surface area (Å²) in [6.45, 7) is 1.96. The Morgan fingerprint density at radius 2 is 1.73 bits per heavy atom. The van der Waals surface area contributed by atoms with Gasteiger partial charge in [-0.1, -0.05) is 0 Å². The third-order valence-electron chi connectivity index (χ3n) is 3.47. The quantitative estimate of drug-likeness (QED) is 0.831. The fraction of sp³-hybridized carbons (Fsp3) is 1.00. The van der Waals surface area contributed by atoms with Crippen molar-refractivity contribution in [1.82, 2.24) is 4.90 Å². The minimum Gasteiger partial charge on any atom is -0.383 e.